The Morgan fingerprint density at radius 1 is 1.29 bits per heavy atom. The zero-order valence-corrected chi connectivity index (χ0v) is 10.5. The van der Waals surface area contributed by atoms with Crippen molar-refractivity contribution in [2.75, 3.05) is 39.3 Å². The van der Waals surface area contributed by atoms with Gasteiger partial charge in [0.2, 0.25) is 0 Å². The maximum absolute atomic E-state index is 11.5. The lowest BCUT2D eigenvalue weighted by Crippen LogP contribution is -2.59. The first kappa shape index (κ1) is 11.3. The van der Waals surface area contributed by atoms with Crippen LogP contribution in [0.5, 0.6) is 0 Å². The van der Waals surface area contributed by atoms with Crippen LogP contribution < -0.4 is 10.6 Å². The molecule has 0 aromatic carbocycles. The Balaban J connectivity index is 1.64. The third-order valence-corrected chi connectivity index (χ3v) is 4.52. The lowest BCUT2D eigenvalue weighted by molar-refractivity contribution is 0.0555. The SMILES string of the molecule is CC1CCNCC1N1CCN2C(=O)NCC2C1. The van der Waals surface area contributed by atoms with E-state index in [4.69, 9.17) is 0 Å². The van der Waals surface area contributed by atoms with Crippen LogP contribution in [0.15, 0.2) is 0 Å². The predicted octanol–water partition coefficient (Wildman–Crippen LogP) is -0.306. The van der Waals surface area contributed by atoms with E-state index in [1.54, 1.807) is 0 Å². The van der Waals surface area contributed by atoms with Gasteiger partial charge in [-0.25, -0.2) is 4.79 Å². The number of piperidine rings is 1. The maximum atomic E-state index is 11.5. The fourth-order valence-electron chi connectivity index (χ4n) is 3.39. The van der Waals surface area contributed by atoms with Gasteiger partial charge < -0.3 is 15.5 Å². The molecule has 3 rings (SSSR count). The molecule has 3 fully saturated rings. The number of hydrogen-bond acceptors (Lipinski definition) is 3. The number of carbonyl (C=O) groups is 1. The van der Waals surface area contributed by atoms with Gasteiger partial charge in [-0.15, -0.1) is 0 Å². The van der Waals surface area contributed by atoms with Crippen molar-refractivity contribution in [2.24, 2.45) is 5.92 Å². The lowest BCUT2D eigenvalue weighted by Gasteiger charge is -2.44. The van der Waals surface area contributed by atoms with Crippen LogP contribution in [-0.2, 0) is 0 Å². The summed E-state index contributed by atoms with van der Waals surface area (Å²) in [7, 11) is 0. The van der Waals surface area contributed by atoms with Gasteiger partial charge in [0.25, 0.3) is 0 Å². The van der Waals surface area contributed by atoms with Crippen molar-refractivity contribution in [3.8, 4) is 0 Å². The van der Waals surface area contributed by atoms with E-state index >= 15 is 0 Å². The van der Waals surface area contributed by atoms with Crippen LogP contribution in [-0.4, -0.2) is 67.2 Å². The molecule has 3 atom stereocenters. The summed E-state index contributed by atoms with van der Waals surface area (Å²) >= 11 is 0. The molecule has 0 aromatic rings. The fraction of sp³-hybridized carbons (Fsp3) is 0.917. The highest BCUT2D eigenvalue weighted by Crippen LogP contribution is 2.22. The van der Waals surface area contributed by atoms with E-state index in [0.29, 0.717) is 12.1 Å². The molecule has 0 radical (unpaired) electrons. The molecule has 3 unspecified atom stereocenters. The number of urea groups is 1. The summed E-state index contributed by atoms with van der Waals surface area (Å²) in [4.78, 5) is 16.1. The first-order valence-corrected chi connectivity index (χ1v) is 6.75. The third-order valence-electron chi connectivity index (χ3n) is 4.52. The van der Waals surface area contributed by atoms with Crippen molar-refractivity contribution in [3.05, 3.63) is 0 Å². The van der Waals surface area contributed by atoms with Crippen molar-refractivity contribution in [2.45, 2.75) is 25.4 Å². The monoisotopic (exact) mass is 238 g/mol. The highest BCUT2D eigenvalue weighted by Gasteiger charge is 2.38. The molecule has 0 spiro atoms. The van der Waals surface area contributed by atoms with Gasteiger partial charge in [0, 0.05) is 38.8 Å². The molecule has 5 heteroatoms. The Kier molecular flexibility index (Phi) is 2.96. The Hall–Kier alpha value is -0.810. The smallest absolute Gasteiger partial charge is 0.317 e. The van der Waals surface area contributed by atoms with Gasteiger partial charge >= 0.3 is 6.03 Å². The van der Waals surface area contributed by atoms with Gasteiger partial charge in [-0.2, -0.15) is 0 Å². The number of piperazine rings is 1. The molecule has 3 aliphatic heterocycles. The number of carbonyl (C=O) groups excluding carboxylic acids is 1. The number of nitrogens with zero attached hydrogens (tertiary/aromatic N) is 2. The van der Waals surface area contributed by atoms with E-state index in [-0.39, 0.29) is 6.03 Å². The summed E-state index contributed by atoms with van der Waals surface area (Å²) in [6.45, 7) is 8.39. The van der Waals surface area contributed by atoms with Crippen molar-refractivity contribution in [3.63, 3.8) is 0 Å². The molecule has 17 heavy (non-hydrogen) atoms. The average molecular weight is 238 g/mol. The first-order valence-electron chi connectivity index (χ1n) is 6.75. The van der Waals surface area contributed by atoms with Gasteiger partial charge in [-0.3, -0.25) is 4.90 Å². The van der Waals surface area contributed by atoms with Crippen LogP contribution in [0.1, 0.15) is 13.3 Å². The van der Waals surface area contributed by atoms with Crippen LogP contribution in [0, 0.1) is 5.92 Å². The van der Waals surface area contributed by atoms with Gasteiger partial charge in [0.15, 0.2) is 0 Å². The zero-order chi connectivity index (χ0) is 11.8. The van der Waals surface area contributed by atoms with Gasteiger partial charge in [0.1, 0.15) is 0 Å². The highest BCUT2D eigenvalue weighted by atomic mass is 16.2. The molecule has 3 aliphatic rings. The quantitative estimate of drug-likeness (QED) is 0.659. The summed E-state index contributed by atoms with van der Waals surface area (Å²) < 4.78 is 0. The second-order valence-electron chi connectivity index (χ2n) is 5.57. The topological polar surface area (TPSA) is 47.6 Å². The predicted molar refractivity (Wildman–Crippen MR) is 65.9 cm³/mol. The largest absolute Gasteiger partial charge is 0.336 e. The van der Waals surface area contributed by atoms with E-state index in [9.17, 15) is 4.79 Å². The molecule has 0 saturated carbocycles. The summed E-state index contributed by atoms with van der Waals surface area (Å²) in [5.41, 5.74) is 0. The number of nitrogens with one attached hydrogen (secondary N) is 2. The van der Waals surface area contributed by atoms with E-state index in [0.717, 1.165) is 45.2 Å². The molecule has 2 amide bonds. The summed E-state index contributed by atoms with van der Waals surface area (Å²) in [5.74, 6) is 0.771. The van der Waals surface area contributed by atoms with Crippen LogP contribution in [0.4, 0.5) is 4.79 Å². The molecule has 0 aliphatic carbocycles. The van der Waals surface area contributed by atoms with Crippen LogP contribution in [0.25, 0.3) is 0 Å². The Bertz CT molecular complexity index is 309. The highest BCUT2D eigenvalue weighted by molar-refractivity contribution is 5.77. The summed E-state index contributed by atoms with van der Waals surface area (Å²) in [6.07, 6.45) is 1.27. The van der Waals surface area contributed by atoms with Gasteiger partial charge in [-0.1, -0.05) is 6.92 Å². The second-order valence-corrected chi connectivity index (χ2v) is 5.57. The number of fused-ring (bicyclic) bond motifs is 1. The molecule has 3 saturated heterocycles. The minimum atomic E-state index is 0.129. The Labute approximate surface area is 103 Å². The lowest BCUT2D eigenvalue weighted by atomic mass is 9.92. The number of rotatable bonds is 1. The minimum Gasteiger partial charge on any atom is -0.336 e. The van der Waals surface area contributed by atoms with Crippen molar-refractivity contribution >= 4 is 6.03 Å². The Morgan fingerprint density at radius 3 is 3.00 bits per heavy atom. The van der Waals surface area contributed by atoms with Crippen LogP contribution in [0.2, 0.25) is 0 Å². The third kappa shape index (κ3) is 2.02. The first-order chi connectivity index (χ1) is 8.25. The van der Waals surface area contributed by atoms with Crippen LogP contribution in [0.3, 0.4) is 0 Å². The molecule has 3 heterocycles. The molecule has 5 nitrogen and oxygen atoms in total. The van der Waals surface area contributed by atoms with E-state index in [1.807, 2.05) is 4.90 Å². The summed E-state index contributed by atoms with van der Waals surface area (Å²) in [5, 5.41) is 6.43. The van der Waals surface area contributed by atoms with E-state index in [1.165, 1.54) is 6.42 Å². The van der Waals surface area contributed by atoms with Crippen molar-refractivity contribution in [1.29, 1.82) is 0 Å². The molecular formula is C12H22N4O. The maximum Gasteiger partial charge on any atom is 0.317 e. The molecule has 2 N–H and O–H groups in total. The molecule has 0 aromatic heterocycles. The van der Waals surface area contributed by atoms with E-state index < -0.39 is 0 Å². The zero-order valence-electron chi connectivity index (χ0n) is 10.5. The van der Waals surface area contributed by atoms with Gasteiger partial charge in [-0.05, 0) is 18.9 Å². The standard InChI is InChI=1S/C12H22N4O/c1-9-2-3-13-7-11(9)15-4-5-16-10(8-15)6-14-12(16)17/h9-11,13H,2-8H2,1H3,(H,14,17). The average Bonchev–Trinajstić information content (AvgIpc) is 2.71. The second kappa shape index (κ2) is 4.46. The minimum absolute atomic E-state index is 0.129. The Morgan fingerprint density at radius 2 is 2.18 bits per heavy atom. The number of hydrogen-bond donors (Lipinski definition) is 2. The molecule has 96 valence electrons. The summed E-state index contributed by atoms with van der Waals surface area (Å²) in [6, 6.07) is 1.18. The van der Waals surface area contributed by atoms with Gasteiger partial charge in [0.05, 0.1) is 6.04 Å². The fourth-order valence-corrected chi connectivity index (χ4v) is 3.39. The van der Waals surface area contributed by atoms with E-state index in [2.05, 4.69) is 22.5 Å². The molecular weight excluding hydrogens is 216 g/mol. The normalized spacial score (nSPS) is 39.0. The van der Waals surface area contributed by atoms with Crippen LogP contribution >= 0.6 is 0 Å². The van der Waals surface area contributed by atoms with Crippen molar-refractivity contribution in [1.82, 2.24) is 20.4 Å². The number of amides is 2. The molecule has 0 bridgehead atoms. The van der Waals surface area contributed by atoms with Crippen molar-refractivity contribution < 1.29 is 4.79 Å².